The van der Waals surface area contributed by atoms with Crippen molar-refractivity contribution in [3.05, 3.63) is 35.4 Å². The number of halogens is 2. The fourth-order valence-corrected chi connectivity index (χ4v) is 3.45. The van der Waals surface area contributed by atoms with E-state index in [0.29, 0.717) is 24.8 Å². The Balaban J connectivity index is 1.55. The standard InChI is InChI=1S/C17H21F2NO2/c18-13-6-4-5-11(16(13)19)12-9-14(12)20-15(21)10-17(22)7-2-1-3-8-17/h4-6,12,14,22H,1-3,7-10H2,(H,20,21)/t12-,14+/m1/s1. The molecule has 2 aliphatic carbocycles. The van der Waals surface area contributed by atoms with Gasteiger partial charge < -0.3 is 10.4 Å². The van der Waals surface area contributed by atoms with Crippen LogP contribution in [0.5, 0.6) is 0 Å². The zero-order valence-corrected chi connectivity index (χ0v) is 12.4. The third-order valence-corrected chi connectivity index (χ3v) is 4.79. The Labute approximate surface area is 128 Å². The molecule has 0 saturated heterocycles. The molecule has 0 bridgehead atoms. The molecule has 0 aromatic heterocycles. The normalized spacial score (nSPS) is 26.5. The molecule has 1 aromatic rings. The molecule has 5 heteroatoms. The van der Waals surface area contributed by atoms with E-state index in [1.165, 1.54) is 6.07 Å². The van der Waals surface area contributed by atoms with Gasteiger partial charge in [-0.3, -0.25) is 4.79 Å². The molecule has 2 fully saturated rings. The summed E-state index contributed by atoms with van der Waals surface area (Å²) in [5, 5.41) is 13.2. The highest BCUT2D eigenvalue weighted by Crippen LogP contribution is 2.42. The van der Waals surface area contributed by atoms with Gasteiger partial charge in [0, 0.05) is 12.0 Å². The SMILES string of the molecule is O=C(CC1(O)CCCCC1)N[C@H]1C[C@@H]1c1cccc(F)c1F. The molecule has 1 amide bonds. The van der Waals surface area contributed by atoms with E-state index in [9.17, 15) is 18.7 Å². The van der Waals surface area contributed by atoms with Crippen molar-refractivity contribution in [3.8, 4) is 0 Å². The molecule has 0 radical (unpaired) electrons. The Morgan fingerprint density at radius 3 is 2.73 bits per heavy atom. The first-order valence-electron chi connectivity index (χ1n) is 7.94. The second-order valence-corrected chi connectivity index (χ2v) is 6.62. The Morgan fingerprint density at radius 1 is 1.27 bits per heavy atom. The van der Waals surface area contributed by atoms with E-state index in [0.717, 1.165) is 25.3 Å². The van der Waals surface area contributed by atoms with E-state index in [4.69, 9.17) is 0 Å². The maximum atomic E-state index is 13.7. The average molecular weight is 309 g/mol. The topological polar surface area (TPSA) is 49.3 Å². The Morgan fingerprint density at radius 2 is 2.00 bits per heavy atom. The Bertz CT molecular complexity index is 570. The van der Waals surface area contributed by atoms with Crippen LogP contribution in [-0.4, -0.2) is 22.7 Å². The predicted molar refractivity (Wildman–Crippen MR) is 78.3 cm³/mol. The van der Waals surface area contributed by atoms with Crippen LogP contribution in [0.1, 0.15) is 56.4 Å². The molecule has 0 unspecified atom stereocenters. The van der Waals surface area contributed by atoms with Gasteiger partial charge >= 0.3 is 0 Å². The quantitative estimate of drug-likeness (QED) is 0.898. The fraction of sp³-hybridized carbons (Fsp3) is 0.588. The molecule has 0 heterocycles. The average Bonchev–Trinajstić information content (AvgIpc) is 3.20. The minimum atomic E-state index is -0.892. The largest absolute Gasteiger partial charge is 0.389 e. The predicted octanol–water partition coefficient (Wildman–Crippen LogP) is 3.02. The van der Waals surface area contributed by atoms with Crippen LogP contribution in [0.4, 0.5) is 8.78 Å². The van der Waals surface area contributed by atoms with Crippen molar-refractivity contribution in [2.45, 2.75) is 62.5 Å². The number of carbonyl (C=O) groups excluding carboxylic acids is 1. The summed E-state index contributed by atoms with van der Waals surface area (Å²) < 4.78 is 26.9. The van der Waals surface area contributed by atoms with Crippen molar-refractivity contribution in [2.24, 2.45) is 0 Å². The second-order valence-electron chi connectivity index (χ2n) is 6.62. The third-order valence-electron chi connectivity index (χ3n) is 4.79. The molecule has 0 spiro atoms. The van der Waals surface area contributed by atoms with Gasteiger partial charge in [0.1, 0.15) is 0 Å². The smallest absolute Gasteiger partial charge is 0.223 e. The number of hydrogen-bond donors (Lipinski definition) is 2. The van der Waals surface area contributed by atoms with Gasteiger partial charge in [0.2, 0.25) is 5.91 Å². The first-order chi connectivity index (χ1) is 10.5. The number of benzene rings is 1. The van der Waals surface area contributed by atoms with Crippen molar-refractivity contribution >= 4 is 5.91 Å². The van der Waals surface area contributed by atoms with E-state index in [2.05, 4.69) is 5.32 Å². The summed E-state index contributed by atoms with van der Waals surface area (Å²) in [6, 6.07) is 3.98. The van der Waals surface area contributed by atoms with Crippen LogP contribution >= 0.6 is 0 Å². The monoisotopic (exact) mass is 309 g/mol. The highest BCUT2D eigenvalue weighted by atomic mass is 19.2. The highest BCUT2D eigenvalue weighted by molar-refractivity contribution is 5.78. The molecule has 0 aliphatic heterocycles. The number of rotatable bonds is 4. The van der Waals surface area contributed by atoms with Crippen LogP contribution in [-0.2, 0) is 4.79 Å². The minimum absolute atomic E-state index is 0.0991. The maximum absolute atomic E-state index is 13.7. The van der Waals surface area contributed by atoms with Crippen LogP contribution in [0, 0.1) is 11.6 Å². The van der Waals surface area contributed by atoms with E-state index >= 15 is 0 Å². The molecule has 1 aromatic carbocycles. The maximum Gasteiger partial charge on any atom is 0.223 e. The molecule has 120 valence electrons. The summed E-state index contributed by atoms with van der Waals surface area (Å²) in [6.07, 6.45) is 5.04. The lowest BCUT2D eigenvalue weighted by atomic mass is 9.82. The molecule has 22 heavy (non-hydrogen) atoms. The van der Waals surface area contributed by atoms with Crippen molar-refractivity contribution in [3.63, 3.8) is 0 Å². The molecule has 2 saturated carbocycles. The lowest BCUT2D eigenvalue weighted by Gasteiger charge is -2.31. The van der Waals surface area contributed by atoms with Crippen LogP contribution in [0.3, 0.4) is 0 Å². The molecular weight excluding hydrogens is 288 g/mol. The van der Waals surface area contributed by atoms with Crippen LogP contribution < -0.4 is 5.32 Å². The Kier molecular flexibility index (Phi) is 4.17. The van der Waals surface area contributed by atoms with Gasteiger partial charge in [-0.25, -0.2) is 8.78 Å². The molecule has 3 nitrogen and oxygen atoms in total. The number of aliphatic hydroxyl groups is 1. The molecule has 2 atom stereocenters. The second kappa shape index (κ2) is 5.95. The summed E-state index contributed by atoms with van der Waals surface area (Å²) in [5.41, 5.74) is -0.571. The lowest BCUT2D eigenvalue weighted by molar-refractivity contribution is -0.127. The van der Waals surface area contributed by atoms with E-state index < -0.39 is 17.2 Å². The van der Waals surface area contributed by atoms with Crippen molar-refractivity contribution in [2.75, 3.05) is 0 Å². The zero-order chi connectivity index (χ0) is 15.7. The summed E-state index contributed by atoms with van der Waals surface area (Å²) in [7, 11) is 0. The third kappa shape index (κ3) is 3.29. The summed E-state index contributed by atoms with van der Waals surface area (Å²) in [5.74, 6) is -2.05. The highest BCUT2D eigenvalue weighted by Gasteiger charge is 2.42. The summed E-state index contributed by atoms with van der Waals surface area (Å²) in [6.45, 7) is 0. The zero-order valence-electron chi connectivity index (χ0n) is 12.4. The van der Waals surface area contributed by atoms with Crippen molar-refractivity contribution in [1.29, 1.82) is 0 Å². The molecular formula is C17H21F2NO2. The van der Waals surface area contributed by atoms with Gasteiger partial charge in [-0.2, -0.15) is 0 Å². The summed E-state index contributed by atoms with van der Waals surface area (Å²) in [4.78, 5) is 12.1. The number of amides is 1. The lowest BCUT2D eigenvalue weighted by Crippen LogP contribution is -2.39. The van der Waals surface area contributed by atoms with Gasteiger partial charge in [0.05, 0.1) is 12.0 Å². The first-order valence-corrected chi connectivity index (χ1v) is 7.94. The van der Waals surface area contributed by atoms with Crippen LogP contribution in [0.25, 0.3) is 0 Å². The van der Waals surface area contributed by atoms with Crippen molar-refractivity contribution < 1.29 is 18.7 Å². The van der Waals surface area contributed by atoms with Gasteiger partial charge in [-0.1, -0.05) is 31.4 Å². The first kappa shape index (κ1) is 15.4. The van der Waals surface area contributed by atoms with Gasteiger partial charge in [-0.15, -0.1) is 0 Å². The molecule has 2 aliphatic rings. The van der Waals surface area contributed by atoms with E-state index in [1.54, 1.807) is 6.07 Å². The van der Waals surface area contributed by atoms with E-state index in [1.807, 2.05) is 0 Å². The van der Waals surface area contributed by atoms with E-state index in [-0.39, 0.29) is 24.3 Å². The van der Waals surface area contributed by atoms with Crippen LogP contribution in [0.15, 0.2) is 18.2 Å². The van der Waals surface area contributed by atoms with Crippen LogP contribution in [0.2, 0.25) is 0 Å². The number of hydrogen-bond acceptors (Lipinski definition) is 2. The summed E-state index contributed by atoms with van der Waals surface area (Å²) >= 11 is 0. The van der Waals surface area contributed by atoms with Crippen molar-refractivity contribution in [1.82, 2.24) is 5.32 Å². The Hall–Kier alpha value is -1.49. The minimum Gasteiger partial charge on any atom is -0.389 e. The fourth-order valence-electron chi connectivity index (χ4n) is 3.45. The molecule has 2 N–H and O–H groups in total. The van der Waals surface area contributed by atoms with Gasteiger partial charge in [0.25, 0.3) is 0 Å². The van der Waals surface area contributed by atoms with Gasteiger partial charge in [-0.05, 0) is 30.9 Å². The number of carbonyl (C=O) groups is 1. The number of nitrogens with one attached hydrogen (secondary N) is 1. The molecule has 3 rings (SSSR count). The van der Waals surface area contributed by atoms with Gasteiger partial charge in [0.15, 0.2) is 11.6 Å².